The van der Waals surface area contributed by atoms with E-state index < -0.39 is 67.0 Å². The van der Waals surface area contributed by atoms with E-state index in [0.717, 1.165) is 25.7 Å². The monoisotopic (exact) mass is 784 g/mol. The van der Waals surface area contributed by atoms with Crippen LogP contribution in [-0.4, -0.2) is 80.5 Å². The minimum absolute atomic E-state index is 0.0162. The molecule has 13 heteroatoms. The Morgan fingerprint density at radius 2 is 0.982 bits per heavy atom. The van der Waals surface area contributed by atoms with Crippen molar-refractivity contribution in [1.29, 1.82) is 0 Å². The van der Waals surface area contributed by atoms with Crippen molar-refractivity contribution in [1.82, 2.24) is 0 Å². The fourth-order valence-electron chi connectivity index (χ4n) is 6.29. The van der Waals surface area contributed by atoms with Crippen LogP contribution in [0.2, 0.25) is 0 Å². The highest BCUT2D eigenvalue weighted by Gasteiger charge is 2.76. The maximum atomic E-state index is 13.7. The number of rotatable bonds is 32. The zero-order valence-electron chi connectivity index (χ0n) is 33.3. The Kier molecular flexibility index (Phi) is 23.0. The van der Waals surface area contributed by atoms with E-state index in [0.29, 0.717) is 51.7 Å². The van der Waals surface area contributed by atoms with Crippen molar-refractivity contribution in [2.24, 2.45) is 16.7 Å². The number of halogens is 2. The number of unbranched alkanes of at least 4 members (excludes halogenated alkanes) is 8. The van der Waals surface area contributed by atoms with Gasteiger partial charge in [-0.05, 0) is 77.0 Å². The predicted molar refractivity (Wildman–Crippen MR) is 202 cm³/mol. The summed E-state index contributed by atoms with van der Waals surface area (Å²) in [5.74, 6) is -6.12. The number of hydrogen-bond acceptors (Lipinski definition) is 11. The van der Waals surface area contributed by atoms with Crippen LogP contribution in [0.15, 0.2) is 24.3 Å². The molecule has 0 amide bonds. The number of carbonyl (C=O) groups excluding carboxylic acids is 5. The number of aliphatic hydroxyl groups excluding tert-OH is 1. The second-order valence-corrected chi connectivity index (χ2v) is 15.2. The second kappa shape index (κ2) is 26.5. The first-order chi connectivity index (χ1) is 26.4. The quantitative estimate of drug-likeness (QED) is 0.0304. The van der Waals surface area contributed by atoms with Crippen LogP contribution in [0.4, 0.5) is 8.78 Å². The third-order valence-electron chi connectivity index (χ3n) is 10.2. The van der Waals surface area contributed by atoms with Crippen molar-refractivity contribution < 1.29 is 61.5 Å². The van der Waals surface area contributed by atoms with Gasteiger partial charge in [0, 0.05) is 37.5 Å². The molecule has 0 aromatic carbocycles. The van der Waals surface area contributed by atoms with Crippen molar-refractivity contribution in [2.45, 2.75) is 155 Å². The summed E-state index contributed by atoms with van der Waals surface area (Å²) in [6.07, 6.45) is 20.0. The Balaban J connectivity index is 1.74. The van der Waals surface area contributed by atoms with Crippen LogP contribution in [0.5, 0.6) is 0 Å². The lowest BCUT2D eigenvalue weighted by Crippen LogP contribution is -2.44. The molecule has 0 heterocycles. The Bertz CT molecular complexity index is 1160. The molecule has 0 aromatic rings. The molecule has 55 heavy (non-hydrogen) atoms. The lowest BCUT2D eigenvalue weighted by molar-refractivity contribution is -0.171. The van der Waals surface area contributed by atoms with E-state index in [1.165, 1.54) is 25.7 Å². The average Bonchev–Trinajstić information content (AvgIpc) is 3.75. The van der Waals surface area contributed by atoms with E-state index in [1.807, 2.05) is 12.2 Å². The van der Waals surface area contributed by atoms with Gasteiger partial charge in [-0.3, -0.25) is 24.0 Å². The largest absolute Gasteiger partial charge is 0.465 e. The molecule has 0 aromatic heterocycles. The minimum atomic E-state index is -2.77. The molecule has 2 aliphatic carbocycles. The molecule has 0 saturated heterocycles. The zero-order chi connectivity index (χ0) is 40.4. The Labute approximate surface area is 326 Å². The van der Waals surface area contributed by atoms with Gasteiger partial charge in [0.2, 0.25) is 0 Å². The summed E-state index contributed by atoms with van der Waals surface area (Å²) in [6.45, 7) is 2.87. The van der Waals surface area contributed by atoms with Gasteiger partial charge in [-0.25, -0.2) is 8.78 Å². The molecule has 0 atom stereocenters. The number of aliphatic hydroxyl groups is 1. The van der Waals surface area contributed by atoms with E-state index in [2.05, 4.69) is 26.0 Å². The first-order valence-corrected chi connectivity index (χ1v) is 20.5. The van der Waals surface area contributed by atoms with Gasteiger partial charge >= 0.3 is 29.8 Å². The molecule has 11 nitrogen and oxygen atoms in total. The van der Waals surface area contributed by atoms with Crippen molar-refractivity contribution in [2.75, 3.05) is 39.6 Å². The van der Waals surface area contributed by atoms with Gasteiger partial charge in [0.15, 0.2) is 0 Å². The molecule has 0 aliphatic heterocycles. The Hall–Kier alpha value is -3.35. The van der Waals surface area contributed by atoms with Crippen LogP contribution in [0, 0.1) is 16.7 Å². The third kappa shape index (κ3) is 19.4. The van der Waals surface area contributed by atoms with Crippen molar-refractivity contribution in [3.05, 3.63) is 24.3 Å². The fourth-order valence-corrected chi connectivity index (χ4v) is 6.29. The zero-order valence-corrected chi connectivity index (χ0v) is 33.3. The first kappa shape index (κ1) is 47.8. The third-order valence-corrected chi connectivity index (χ3v) is 10.2. The lowest BCUT2D eigenvalue weighted by atomic mass is 9.71. The Morgan fingerprint density at radius 1 is 0.600 bits per heavy atom. The highest BCUT2D eigenvalue weighted by Crippen LogP contribution is 2.72. The molecule has 0 radical (unpaired) electrons. The molecule has 314 valence electrons. The van der Waals surface area contributed by atoms with Gasteiger partial charge in [-0.1, -0.05) is 63.8 Å². The molecule has 0 bridgehead atoms. The summed E-state index contributed by atoms with van der Waals surface area (Å²) < 4.78 is 54.0. The molecular weight excluding hydrogens is 718 g/mol. The van der Waals surface area contributed by atoms with Gasteiger partial charge < -0.3 is 28.8 Å². The molecule has 2 rings (SSSR count). The highest BCUT2D eigenvalue weighted by atomic mass is 19.3. The van der Waals surface area contributed by atoms with Gasteiger partial charge in [0.05, 0.1) is 31.2 Å². The summed E-state index contributed by atoms with van der Waals surface area (Å²) in [4.78, 5) is 61.9. The smallest absolute Gasteiger partial charge is 0.309 e. The van der Waals surface area contributed by atoms with Crippen LogP contribution in [0.3, 0.4) is 0 Å². The van der Waals surface area contributed by atoms with Gasteiger partial charge in [0.25, 0.3) is 5.92 Å². The van der Waals surface area contributed by atoms with E-state index in [9.17, 15) is 37.9 Å². The predicted octanol–water partition coefficient (Wildman–Crippen LogP) is 8.29. The normalized spacial score (nSPS) is 18.6. The summed E-state index contributed by atoms with van der Waals surface area (Å²) >= 11 is 0. The average molecular weight is 785 g/mol. The maximum absolute atomic E-state index is 13.7. The van der Waals surface area contributed by atoms with Gasteiger partial charge in [-0.2, -0.15) is 0 Å². The number of allylic oxidation sites excluding steroid dienone is 2. The number of esters is 5. The van der Waals surface area contributed by atoms with Gasteiger partial charge in [0.1, 0.15) is 19.8 Å². The van der Waals surface area contributed by atoms with Crippen LogP contribution in [0.1, 0.15) is 149 Å². The van der Waals surface area contributed by atoms with Crippen molar-refractivity contribution in [3.63, 3.8) is 0 Å². The summed E-state index contributed by atoms with van der Waals surface area (Å²) in [7, 11) is 0. The molecule has 2 fully saturated rings. The molecular formula is C42H66F2O11. The van der Waals surface area contributed by atoms with Crippen LogP contribution in [0.25, 0.3) is 0 Å². The molecule has 1 spiro atoms. The summed E-state index contributed by atoms with van der Waals surface area (Å²) in [6, 6.07) is 0. The van der Waals surface area contributed by atoms with Crippen molar-refractivity contribution >= 4 is 29.8 Å². The standard InChI is InChI=1S/C42H66F2O11/c1-3-5-7-9-11-13-19-25-51-35(46)21-15-17-23-37(48)53-31-40(30-45,33-55-39(50)34-27-41(28-34)29-42(41,43)44)32-54-38(49)24-18-16-22-36(47)52-26-20-14-12-10-8-6-4-2/h11-14,34,45H,3-10,15-33H2,1-2H3/b13-11-,14-12-. The number of ether oxygens (including phenoxy) is 5. The van der Waals surface area contributed by atoms with E-state index >= 15 is 0 Å². The number of alkyl halides is 2. The van der Waals surface area contributed by atoms with E-state index in [-0.39, 0.29) is 56.9 Å². The van der Waals surface area contributed by atoms with Crippen LogP contribution < -0.4 is 0 Å². The number of carbonyl (C=O) groups is 5. The summed E-state index contributed by atoms with van der Waals surface area (Å²) in [5.41, 5.74) is -2.62. The van der Waals surface area contributed by atoms with Gasteiger partial charge in [-0.15, -0.1) is 0 Å². The van der Waals surface area contributed by atoms with E-state index in [4.69, 9.17) is 23.7 Å². The first-order valence-electron chi connectivity index (χ1n) is 20.5. The molecule has 2 aliphatic rings. The van der Waals surface area contributed by atoms with Crippen LogP contribution >= 0.6 is 0 Å². The topological polar surface area (TPSA) is 152 Å². The fraction of sp³-hybridized carbons (Fsp3) is 0.786. The highest BCUT2D eigenvalue weighted by molar-refractivity contribution is 5.74. The molecule has 2 saturated carbocycles. The minimum Gasteiger partial charge on any atom is -0.465 e. The van der Waals surface area contributed by atoms with E-state index in [1.54, 1.807) is 0 Å². The summed E-state index contributed by atoms with van der Waals surface area (Å²) in [5, 5.41) is 10.4. The molecule has 1 N–H and O–H groups in total. The lowest BCUT2D eigenvalue weighted by Gasteiger charge is -2.35. The second-order valence-electron chi connectivity index (χ2n) is 15.2. The Morgan fingerprint density at radius 3 is 1.36 bits per heavy atom. The maximum Gasteiger partial charge on any atom is 0.309 e. The molecule has 0 unspecified atom stereocenters. The van der Waals surface area contributed by atoms with Crippen LogP contribution in [-0.2, 0) is 47.7 Å². The van der Waals surface area contributed by atoms with Crippen molar-refractivity contribution in [3.8, 4) is 0 Å². The SMILES string of the molecule is CCCCC/C=C\CCOC(=O)CCCCC(=O)OCC(CO)(COC(=O)CCCCC(=O)OCC/C=C\CCCCC)COC(=O)C1CC2(C1)CC2(F)F. The number of hydrogen-bond donors (Lipinski definition) is 1.